The predicted molar refractivity (Wildman–Crippen MR) is 77.6 cm³/mol. The second-order valence-corrected chi connectivity index (χ2v) is 5.93. The summed E-state index contributed by atoms with van der Waals surface area (Å²) in [5.74, 6) is 0.154. The smallest absolute Gasteiger partial charge is 0.310 e. The van der Waals surface area contributed by atoms with Crippen LogP contribution in [0.4, 0.5) is 0 Å². The van der Waals surface area contributed by atoms with Crippen LogP contribution in [0, 0.1) is 5.41 Å². The molecule has 0 saturated carbocycles. The van der Waals surface area contributed by atoms with Crippen molar-refractivity contribution in [1.29, 1.82) is 0 Å². The van der Waals surface area contributed by atoms with E-state index in [0.717, 1.165) is 44.6 Å². The molecule has 1 N–H and O–H groups in total. The molecule has 7 nitrogen and oxygen atoms in total. The van der Waals surface area contributed by atoms with E-state index in [9.17, 15) is 9.90 Å². The van der Waals surface area contributed by atoms with Crippen LogP contribution in [-0.2, 0) is 17.9 Å². The number of carboxylic acids is 1. The normalized spacial score (nSPS) is 23.3. The molecule has 0 radical (unpaired) electrons. The van der Waals surface area contributed by atoms with Gasteiger partial charge < -0.3 is 5.11 Å². The minimum Gasteiger partial charge on any atom is -0.481 e. The molecule has 118 valence electrons. The summed E-state index contributed by atoms with van der Waals surface area (Å²) in [6.45, 7) is 7.05. The van der Waals surface area contributed by atoms with Crippen LogP contribution in [0.15, 0.2) is 0 Å². The molecule has 0 spiro atoms. The topological polar surface area (TPSA) is 84.1 Å². The van der Waals surface area contributed by atoms with Gasteiger partial charge in [-0.1, -0.05) is 20.3 Å². The average Bonchev–Trinajstić information content (AvgIpc) is 2.92. The Morgan fingerprint density at radius 1 is 1.43 bits per heavy atom. The number of likely N-dealkylation sites (tertiary alicyclic amines) is 1. The Morgan fingerprint density at radius 3 is 2.90 bits per heavy atom. The molecular formula is C14H25N5O2. The van der Waals surface area contributed by atoms with E-state index in [1.165, 1.54) is 0 Å². The second-order valence-electron chi connectivity index (χ2n) is 5.93. The summed E-state index contributed by atoms with van der Waals surface area (Å²) < 4.78 is 1.84. The van der Waals surface area contributed by atoms with Crippen LogP contribution in [0.5, 0.6) is 0 Å². The highest BCUT2D eigenvalue weighted by atomic mass is 16.4. The van der Waals surface area contributed by atoms with Gasteiger partial charge >= 0.3 is 5.97 Å². The molecule has 1 aliphatic rings. The van der Waals surface area contributed by atoms with Crippen LogP contribution >= 0.6 is 0 Å². The molecule has 0 aromatic carbocycles. The molecule has 1 saturated heterocycles. The first-order chi connectivity index (χ1) is 10.1. The van der Waals surface area contributed by atoms with Crippen molar-refractivity contribution in [2.45, 2.75) is 59.0 Å². The Hall–Kier alpha value is -1.50. The molecule has 2 rings (SSSR count). The highest BCUT2D eigenvalue weighted by molar-refractivity contribution is 5.75. The fourth-order valence-electron chi connectivity index (χ4n) is 2.99. The van der Waals surface area contributed by atoms with Gasteiger partial charge in [-0.3, -0.25) is 9.69 Å². The van der Waals surface area contributed by atoms with Crippen LogP contribution < -0.4 is 0 Å². The van der Waals surface area contributed by atoms with Gasteiger partial charge in [-0.2, -0.15) is 0 Å². The van der Waals surface area contributed by atoms with E-state index in [0.29, 0.717) is 19.5 Å². The van der Waals surface area contributed by atoms with Gasteiger partial charge in [-0.15, -0.1) is 5.10 Å². The lowest BCUT2D eigenvalue weighted by Gasteiger charge is -2.39. The van der Waals surface area contributed by atoms with Crippen molar-refractivity contribution in [1.82, 2.24) is 25.1 Å². The molecular weight excluding hydrogens is 270 g/mol. The van der Waals surface area contributed by atoms with Crippen molar-refractivity contribution in [2.24, 2.45) is 5.41 Å². The molecule has 1 atom stereocenters. The number of nitrogens with zero attached hydrogens (tertiary/aromatic N) is 5. The van der Waals surface area contributed by atoms with Gasteiger partial charge in [0, 0.05) is 13.1 Å². The van der Waals surface area contributed by atoms with Gasteiger partial charge in [0.2, 0.25) is 0 Å². The maximum atomic E-state index is 11.6. The number of unbranched alkanes of at least 4 members (excludes halogenated alkanes) is 1. The Labute approximate surface area is 125 Å². The number of rotatable bonds is 7. The molecule has 1 aliphatic heterocycles. The molecule has 0 bridgehead atoms. The van der Waals surface area contributed by atoms with Crippen LogP contribution in [0.3, 0.4) is 0 Å². The minimum atomic E-state index is -0.680. The summed E-state index contributed by atoms with van der Waals surface area (Å²) in [6.07, 6.45) is 4.49. The fraction of sp³-hybridized carbons (Fsp3) is 0.857. The van der Waals surface area contributed by atoms with Gasteiger partial charge in [0.15, 0.2) is 5.82 Å². The Kier molecular flexibility index (Phi) is 5.27. The number of carboxylic acid groups (broad SMARTS) is 1. The standard InChI is InChI=1S/C14H25N5O2/c1-3-5-9-19-12(15-16-17-19)10-18-8-6-7-14(4-2,11-18)13(20)21/h3-11H2,1-2H3,(H,20,21). The molecule has 0 amide bonds. The predicted octanol–water partition coefficient (Wildman–Crippen LogP) is 1.55. The molecule has 1 aromatic rings. The summed E-state index contributed by atoms with van der Waals surface area (Å²) in [5, 5.41) is 21.4. The van der Waals surface area contributed by atoms with Crippen molar-refractivity contribution in [3.05, 3.63) is 5.82 Å². The van der Waals surface area contributed by atoms with Gasteiger partial charge in [0.25, 0.3) is 0 Å². The first-order valence-electron chi connectivity index (χ1n) is 7.82. The number of aromatic nitrogens is 4. The lowest BCUT2D eigenvalue weighted by molar-refractivity contribution is -0.153. The molecule has 1 fully saturated rings. The Morgan fingerprint density at radius 2 is 2.24 bits per heavy atom. The van der Waals surface area contributed by atoms with Crippen LogP contribution in [0.25, 0.3) is 0 Å². The highest BCUT2D eigenvalue weighted by Crippen LogP contribution is 2.34. The van der Waals surface area contributed by atoms with Crippen LogP contribution in [0.2, 0.25) is 0 Å². The molecule has 21 heavy (non-hydrogen) atoms. The minimum absolute atomic E-state index is 0.583. The van der Waals surface area contributed by atoms with E-state index in [1.54, 1.807) is 0 Å². The maximum Gasteiger partial charge on any atom is 0.310 e. The molecule has 2 heterocycles. The van der Waals surface area contributed by atoms with Gasteiger partial charge in [-0.25, -0.2) is 4.68 Å². The van der Waals surface area contributed by atoms with Gasteiger partial charge in [-0.05, 0) is 42.7 Å². The number of hydrogen-bond acceptors (Lipinski definition) is 5. The third kappa shape index (κ3) is 3.58. The summed E-state index contributed by atoms with van der Waals surface area (Å²) in [4.78, 5) is 13.8. The number of tetrazole rings is 1. The number of aliphatic carboxylic acids is 1. The Balaban J connectivity index is 2.03. The van der Waals surface area contributed by atoms with E-state index in [2.05, 4.69) is 27.3 Å². The van der Waals surface area contributed by atoms with Crippen LogP contribution in [-0.4, -0.2) is 49.3 Å². The number of hydrogen-bond donors (Lipinski definition) is 1. The summed E-state index contributed by atoms with van der Waals surface area (Å²) >= 11 is 0. The number of piperidine rings is 1. The highest BCUT2D eigenvalue weighted by Gasteiger charge is 2.40. The SMILES string of the molecule is CCCCn1nnnc1CN1CCCC(CC)(C(=O)O)C1. The van der Waals surface area contributed by atoms with Crippen molar-refractivity contribution in [3.63, 3.8) is 0 Å². The van der Waals surface area contributed by atoms with E-state index in [4.69, 9.17) is 0 Å². The lowest BCUT2D eigenvalue weighted by atomic mass is 9.77. The van der Waals surface area contributed by atoms with Crippen molar-refractivity contribution in [2.75, 3.05) is 13.1 Å². The first kappa shape index (κ1) is 15.9. The zero-order valence-corrected chi connectivity index (χ0v) is 13.0. The van der Waals surface area contributed by atoms with Crippen molar-refractivity contribution >= 4 is 5.97 Å². The van der Waals surface area contributed by atoms with Gasteiger partial charge in [0.05, 0.1) is 12.0 Å². The maximum absolute atomic E-state index is 11.6. The zero-order chi connectivity index (χ0) is 15.3. The molecule has 1 unspecified atom stereocenters. The monoisotopic (exact) mass is 295 g/mol. The summed E-state index contributed by atoms with van der Waals surface area (Å²) in [6, 6.07) is 0. The first-order valence-corrected chi connectivity index (χ1v) is 7.82. The van der Waals surface area contributed by atoms with Gasteiger partial charge in [0.1, 0.15) is 0 Å². The number of carbonyl (C=O) groups is 1. The van der Waals surface area contributed by atoms with Crippen molar-refractivity contribution < 1.29 is 9.90 Å². The van der Waals surface area contributed by atoms with E-state index >= 15 is 0 Å². The molecule has 1 aromatic heterocycles. The second kappa shape index (κ2) is 6.98. The quantitative estimate of drug-likeness (QED) is 0.821. The summed E-state index contributed by atoms with van der Waals surface area (Å²) in [5.41, 5.74) is -0.611. The van der Waals surface area contributed by atoms with Crippen LogP contribution in [0.1, 0.15) is 51.8 Å². The molecule has 0 aliphatic carbocycles. The van der Waals surface area contributed by atoms with Crippen molar-refractivity contribution in [3.8, 4) is 0 Å². The van der Waals surface area contributed by atoms with E-state index in [-0.39, 0.29) is 0 Å². The average molecular weight is 295 g/mol. The third-order valence-electron chi connectivity index (χ3n) is 4.48. The largest absolute Gasteiger partial charge is 0.481 e. The fourth-order valence-corrected chi connectivity index (χ4v) is 2.99. The molecule has 7 heteroatoms. The van der Waals surface area contributed by atoms with E-state index in [1.807, 2.05) is 11.6 Å². The Bertz CT molecular complexity index is 476. The number of aryl methyl sites for hydroxylation is 1. The summed E-state index contributed by atoms with van der Waals surface area (Å²) in [7, 11) is 0. The zero-order valence-electron chi connectivity index (χ0n) is 13.0. The lowest BCUT2D eigenvalue weighted by Crippen LogP contribution is -2.47. The third-order valence-corrected chi connectivity index (χ3v) is 4.48. The van der Waals surface area contributed by atoms with E-state index < -0.39 is 11.4 Å².